The van der Waals surface area contributed by atoms with Gasteiger partial charge in [-0.05, 0) is 104 Å². The smallest absolute Gasteiger partial charge is 0.309 e. The summed E-state index contributed by atoms with van der Waals surface area (Å²) in [6.07, 6.45) is 25.6. The summed E-state index contributed by atoms with van der Waals surface area (Å²) in [6.45, 7) is 11.9. The van der Waals surface area contributed by atoms with E-state index in [0.29, 0.717) is 26.2 Å². The lowest BCUT2D eigenvalue weighted by atomic mass is 9.85. The van der Waals surface area contributed by atoms with Gasteiger partial charge in [0.25, 0.3) is 0 Å². The molecule has 0 aromatic heterocycles. The summed E-state index contributed by atoms with van der Waals surface area (Å²) in [5.41, 5.74) is -0.728. The van der Waals surface area contributed by atoms with Crippen LogP contribution in [0.25, 0.3) is 0 Å². The maximum absolute atomic E-state index is 12.7. The Balaban J connectivity index is 2.46. The van der Waals surface area contributed by atoms with Crippen LogP contribution >= 0.6 is 0 Å². The quantitative estimate of drug-likeness (QED) is 0.0396. The Morgan fingerprint density at radius 1 is 0.558 bits per heavy atom. The standard InChI is InChI=1S/C44H83NO7/c1-6-10-24-38(25-11-7-2)41(46)50-35-21-16-14-18-30-44(49,32-20-23-37-52-43(48)40-28-33-45(5)34-29-40)31-19-15-17-22-36-51-42(47)39(26-12-8-3)27-13-9-4/h38-40,49H,6-37H2,1-5H3. The van der Waals surface area contributed by atoms with Crippen LogP contribution in [0.5, 0.6) is 0 Å². The van der Waals surface area contributed by atoms with E-state index in [4.69, 9.17) is 14.2 Å². The minimum Gasteiger partial charge on any atom is -0.465 e. The molecule has 0 aromatic rings. The van der Waals surface area contributed by atoms with Gasteiger partial charge in [0.05, 0.1) is 43.2 Å². The fourth-order valence-electron chi connectivity index (χ4n) is 7.43. The number of unbranched alkanes of at least 4 members (excludes halogenated alkanes) is 11. The Bertz CT molecular complexity index is 826. The molecule has 0 bridgehead atoms. The molecule has 0 unspecified atom stereocenters. The van der Waals surface area contributed by atoms with Crippen molar-refractivity contribution in [1.82, 2.24) is 4.90 Å². The zero-order chi connectivity index (χ0) is 38.3. The molecule has 0 saturated carbocycles. The predicted molar refractivity (Wildman–Crippen MR) is 213 cm³/mol. The van der Waals surface area contributed by atoms with Crippen molar-refractivity contribution in [3.8, 4) is 0 Å². The van der Waals surface area contributed by atoms with Crippen molar-refractivity contribution in [1.29, 1.82) is 0 Å². The van der Waals surface area contributed by atoms with E-state index in [-0.39, 0.29) is 35.7 Å². The van der Waals surface area contributed by atoms with Crippen LogP contribution in [-0.2, 0) is 28.6 Å². The summed E-state index contributed by atoms with van der Waals surface area (Å²) in [6, 6.07) is 0. The van der Waals surface area contributed by atoms with Crippen LogP contribution in [0.1, 0.15) is 201 Å². The fourth-order valence-corrected chi connectivity index (χ4v) is 7.43. The van der Waals surface area contributed by atoms with E-state index in [2.05, 4.69) is 39.6 Å². The maximum Gasteiger partial charge on any atom is 0.309 e. The molecule has 1 fully saturated rings. The molecule has 8 heteroatoms. The van der Waals surface area contributed by atoms with Gasteiger partial charge in [-0.25, -0.2) is 0 Å². The largest absolute Gasteiger partial charge is 0.465 e. The highest BCUT2D eigenvalue weighted by molar-refractivity contribution is 5.73. The summed E-state index contributed by atoms with van der Waals surface area (Å²) in [5.74, 6) is 0.00780. The highest BCUT2D eigenvalue weighted by Gasteiger charge is 2.27. The van der Waals surface area contributed by atoms with Crippen molar-refractivity contribution in [2.24, 2.45) is 17.8 Å². The van der Waals surface area contributed by atoms with Crippen molar-refractivity contribution in [3.05, 3.63) is 0 Å². The van der Waals surface area contributed by atoms with Gasteiger partial charge >= 0.3 is 17.9 Å². The molecule has 1 aliphatic heterocycles. The first-order chi connectivity index (χ1) is 25.2. The molecule has 0 spiro atoms. The Morgan fingerprint density at radius 3 is 1.31 bits per heavy atom. The lowest BCUT2D eigenvalue weighted by Crippen LogP contribution is -2.34. The molecule has 0 radical (unpaired) electrons. The van der Waals surface area contributed by atoms with Gasteiger partial charge in [0.1, 0.15) is 0 Å². The monoisotopic (exact) mass is 738 g/mol. The zero-order valence-electron chi connectivity index (χ0n) is 34.7. The summed E-state index contributed by atoms with van der Waals surface area (Å²) in [5, 5.41) is 11.8. The molecule has 306 valence electrons. The molecule has 1 N–H and O–H groups in total. The maximum atomic E-state index is 12.7. The normalized spacial score (nSPS) is 14.3. The lowest BCUT2D eigenvalue weighted by molar-refractivity contribution is -0.150. The van der Waals surface area contributed by atoms with Crippen LogP contribution < -0.4 is 0 Å². The van der Waals surface area contributed by atoms with Crippen LogP contribution in [0.4, 0.5) is 0 Å². The number of ether oxygens (including phenoxy) is 3. The molecular formula is C44H83NO7. The molecule has 1 rings (SSSR count). The van der Waals surface area contributed by atoms with Crippen LogP contribution in [0.15, 0.2) is 0 Å². The van der Waals surface area contributed by atoms with Crippen molar-refractivity contribution in [2.45, 2.75) is 207 Å². The van der Waals surface area contributed by atoms with Gasteiger partial charge in [0, 0.05) is 0 Å². The van der Waals surface area contributed by atoms with Crippen LogP contribution in [-0.4, -0.2) is 73.5 Å². The van der Waals surface area contributed by atoms with Gasteiger partial charge in [0.15, 0.2) is 0 Å². The van der Waals surface area contributed by atoms with Gasteiger partial charge in [0.2, 0.25) is 0 Å². The molecule has 0 amide bonds. The second kappa shape index (κ2) is 31.7. The molecule has 1 aliphatic rings. The number of nitrogens with zero attached hydrogens (tertiary/aromatic N) is 1. The summed E-state index contributed by atoms with van der Waals surface area (Å²) in [4.78, 5) is 40.1. The van der Waals surface area contributed by atoms with Crippen molar-refractivity contribution < 1.29 is 33.7 Å². The van der Waals surface area contributed by atoms with E-state index in [9.17, 15) is 19.5 Å². The summed E-state index contributed by atoms with van der Waals surface area (Å²) in [7, 11) is 2.09. The van der Waals surface area contributed by atoms with Crippen LogP contribution in [0, 0.1) is 17.8 Å². The van der Waals surface area contributed by atoms with Crippen LogP contribution in [0.2, 0.25) is 0 Å². The van der Waals surface area contributed by atoms with Gasteiger partial charge < -0.3 is 24.2 Å². The number of hydrogen-bond donors (Lipinski definition) is 1. The Kier molecular flexibility index (Phi) is 29.4. The Labute approximate surface area is 320 Å². The molecule has 0 aromatic carbocycles. The SMILES string of the molecule is CCCCC(CCCC)C(=O)OCCCCCCC(O)(CCCCCCOC(=O)C(CCCC)CCCC)CCCCOC(=O)C1CCN(C)CC1. The Hall–Kier alpha value is -1.67. The molecule has 1 heterocycles. The molecule has 52 heavy (non-hydrogen) atoms. The van der Waals surface area contributed by atoms with Gasteiger partial charge in [-0.15, -0.1) is 0 Å². The number of likely N-dealkylation sites (tertiary alicyclic amines) is 1. The third kappa shape index (κ3) is 23.9. The van der Waals surface area contributed by atoms with E-state index in [1.807, 2.05) is 0 Å². The minimum atomic E-state index is -0.728. The number of piperidine rings is 1. The van der Waals surface area contributed by atoms with Gasteiger partial charge in [-0.2, -0.15) is 0 Å². The fraction of sp³-hybridized carbons (Fsp3) is 0.932. The topological polar surface area (TPSA) is 102 Å². The van der Waals surface area contributed by atoms with Crippen LogP contribution in [0.3, 0.4) is 0 Å². The van der Waals surface area contributed by atoms with Crippen molar-refractivity contribution in [3.63, 3.8) is 0 Å². The predicted octanol–water partition coefficient (Wildman–Crippen LogP) is 10.8. The number of esters is 3. The number of aliphatic hydroxyl groups is 1. The molecule has 1 saturated heterocycles. The Morgan fingerprint density at radius 2 is 0.904 bits per heavy atom. The van der Waals surface area contributed by atoms with E-state index in [0.717, 1.165) is 180 Å². The van der Waals surface area contributed by atoms with Crippen molar-refractivity contribution in [2.75, 3.05) is 40.0 Å². The van der Waals surface area contributed by atoms with E-state index in [1.54, 1.807) is 0 Å². The van der Waals surface area contributed by atoms with Crippen molar-refractivity contribution >= 4 is 17.9 Å². The molecule has 0 aliphatic carbocycles. The highest BCUT2D eigenvalue weighted by atomic mass is 16.5. The van der Waals surface area contributed by atoms with Gasteiger partial charge in [-0.3, -0.25) is 14.4 Å². The zero-order valence-corrected chi connectivity index (χ0v) is 34.7. The molecule has 8 nitrogen and oxygen atoms in total. The number of carbonyl (C=O) groups excluding carboxylic acids is 3. The van der Waals surface area contributed by atoms with Gasteiger partial charge in [-0.1, -0.05) is 118 Å². The summed E-state index contributed by atoms with van der Waals surface area (Å²) < 4.78 is 17.0. The third-order valence-corrected chi connectivity index (χ3v) is 11.2. The molecule has 0 atom stereocenters. The lowest BCUT2D eigenvalue weighted by Gasteiger charge is -2.29. The first kappa shape index (κ1) is 48.3. The highest BCUT2D eigenvalue weighted by Crippen LogP contribution is 2.29. The number of hydrogen-bond acceptors (Lipinski definition) is 8. The average molecular weight is 738 g/mol. The third-order valence-electron chi connectivity index (χ3n) is 11.2. The minimum absolute atomic E-state index is 0.0189. The van der Waals surface area contributed by atoms with E-state index >= 15 is 0 Å². The van der Waals surface area contributed by atoms with E-state index < -0.39 is 5.60 Å². The second-order valence-corrected chi connectivity index (χ2v) is 16.1. The molecular weight excluding hydrogens is 654 g/mol. The average Bonchev–Trinajstić information content (AvgIpc) is 3.14. The summed E-state index contributed by atoms with van der Waals surface area (Å²) >= 11 is 0. The first-order valence-corrected chi connectivity index (χ1v) is 22.1. The van der Waals surface area contributed by atoms with E-state index in [1.165, 1.54) is 0 Å². The number of rotatable bonds is 34. The number of carbonyl (C=O) groups is 3. The first-order valence-electron chi connectivity index (χ1n) is 22.1. The second-order valence-electron chi connectivity index (χ2n) is 16.1.